The van der Waals surface area contributed by atoms with Crippen molar-refractivity contribution in [2.75, 3.05) is 31.1 Å². The van der Waals surface area contributed by atoms with E-state index in [0.717, 1.165) is 18.7 Å². The van der Waals surface area contributed by atoms with E-state index in [4.69, 9.17) is 0 Å². The molecular weight excluding hydrogens is 473 g/mol. The largest absolute Gasteiger partial charge is 0.366 e. The first-order chi connectivity index (χ1) is 15.5. The first-order valence-corrected chi connectivity index (χ1v) is 11.6. The van der Waals surface area contributed by atoms with Gasteiger partial charge in [-0.05, 0) is 64.5 Å². The zero-order valence-corrected chi connectivity index (χ0v) is 19.3. The van der Waals surface area contributed by atoms with E-state index in [0.29, 0.717) is 40.3 Å². The quantitative estimate of drug-likeness (QED) is 0.512. The number of nitriles is 1. The second-order valence-electron chi connectivity index (χ2n) is 8.56. The first kappa shape index (κ1) is 21.1. The number of hydrogen-bond acceptors (Lipinski definition) is 5. The van der Waals surface area contributed by atoms with Gasteiger partial charge in [-0.2, -0.15) is 5.26 Å². The van der Waals surface area contributed by atoms with Gasteiger partial charge in [-0.1, -0.05) is 12.1 Å². The highest BCUT2D eigenvalue weighted by Crippen LogP contribution is 2.45. The van der Waals surface area contributed by atoms with Crippen LogP contribution in [0.5, 0.6) is 0 Å². The molecule has 1 unspecified atom stereocenters. The Morgan fingerprint density at radius 1 is 1.12 bits per heavy atom. The monoisotopic (exact) mass is 495 g/mol. The standard InChI is InChI=1S/C24H23BrFN5O/c1-29-19-8-9-20(25)28-21(19)23(18(14-27)24(29)32)31-12-10-30(11-13-31)22(15-2-3-15)16-4-6-17(26)7-5-16/h4-9,15,22H,2-3,10-13H2,1H3. The Labute approximate surface area is 194 Å². The van der Waals surface area contributed by atoms with Crippen molar-refractivity contribution in [3.05, 3.63) is 68.3 Å². The van der Waals surface area contributed by atoms with Gasteiger partial charge in [0.15, 0.2) is 0 Å². The van der Waals surface area contributed by atoms with Crippen molar-refractivity contribution < 1.29 is 4.39 Å². The molecular formula is C24H23BrFN5O. The van der Waals surface area contributed by atoms with E-state index >= 15 is 0 Å². The predicted molar refractivity (Wildman–Crippen MR) is 125 cm³/mol. The van der Waals surface area contributed by atoms with E-state index in [1.165, 1.54) is 29.5 Å². The number of aryl methyl sites for hydroxylation is 1. The number of rotatable bonds is 4. The molecule has 0 N–H and O–H groups in total. The van der Waals surface area contributed by atoms with E-state index in [1.807, 2.05) is 18.2 Å². The Hall–Kier alpha value is -2.76. The molecule has 3 aromatic rings. The highest BCUT2D eigenvalue weighted by molar-refractivity contribution is 9.10. The lowest BCUT2D eigenvalue weighted by Gasteiger charge is -2.41. The summed E-state index contributed by atoms with van der Waals surface area (Å²) in [5.74, 6) is 0.387. The maximum absolute atomic E-state index is 13.5. The number of hydrogen-bond donors (Lipinski definition) is 0. The molecule has 1 saturated heterocycles. The lowest BCUT2D eigenvalue weighted by Crippen LogP contribution is -2.49. The normalized spacial score (nSPS) is 18.0. The van der Waals surface area contributed by atoms with Crippen LogP contribution in [0.1, 0.15) is 30.0 Å². The number of benzene rings is 1. The fraction of sp³-hybridized carbons (Fsp3) is 0.375. The predicted octanol–water partition coefficient (Wildman–Crippen LogP) is 3.98. The maximum Gasteiger partial charge on any atom is 0.270 e. The second kappa shape index (κ2) is 8.30. The van der Waals surface area contributed by atoms with Crippen LogP contribution in [0, 0.1) is 23.1 Å². The molecule has 2 aromatic heterocycles. The number of pyridine rings is 2. The second-order valence-corrected chi connectivity index (χ2v) is 9.37. The van der Waals surface area contributed by atoms with Crippen LogP contribution in [0.4, 0.5) is 10.1 Å². The van der Waals surface area contributed by atoms with Gasteiger partial charge in [-0.25, -0.2) is 9.37 Å². The first-order valence-electron chi connectivity index (χ1n) is 10.8. The van der Waals surface area contributed by atoms with Gasteiger partial charge >= 0.3 is 0 Å². The van der Waals surface area contributed by atoms with Gasteiger partial charge in [0.25, 0.3) is 5.56 Å². The Kier molecular flexibility index (Phi) is 5.48. The van der Waals surface area contributed by atoms with E-state index in [9.17, 15) is 14.4 Å². The maximum atomic E-state index is 13.5. The molecule has 1 saturated carbocycles. The molecule has 164 valence electrons. The van der Waals surface area contributed by atoms with Crippen molar-refractivity contribution in [1.29, 1.82) is 5.26 Å². The Balaban J connectivity index is 1.47. The molecule has 2 fully saturated rings. The van der Waals surface area contributed by atoms with Gasteiger partial charge in [0.2, 0.25) is 0 Å². The van der Waals surface area contributed by atoms with E-state index in [1.54, 1.807) is 13.1 Å². The third-order valence-electron chi connectivity index (χ3n) is 6.60. The number of aromatic nitrogens is 2. The number of anilines is 1. The smallest absolute Gasteiger partial charge is 0.270 e. The van der Waals surface area contributed by atoms with E-state index in [-0.39, 0.29) is 23.0 Å². The lowest BCUT2D eigenvalue weighted by atomic mass is 9.99. The van der Waals surface area contributed by atoms with Crippen LogP contribution < -0.4 is 10.5 Å². The van der Waals surface area contributed by atoms with Gasteiger partial charge in [0.1, 0.15) is 27.6 Å². The van der Waals surface area contributed by atoms with Crippen molar-refractivity contribution in [2.24, 2.45) is 13.0 Å². The minimum Gasteiger partial charge on any atom is -0.366 e. The van der Waals surface area contributed by atoms with Crippen molar-refractivity contribution in [3.63, 3.8) is 0 Å². The molecule has 8 heteroatoms. The summed E-state index contributed by atoms with van der Waals surface area (Å²) in [7, 11) is 1.67. The molecule has 1 aromatic carbocycles. The summed E-state index contributed by atoms with van der Waals surface area (Å²) in [5, 5.41) is 9.80. The lowest BCUT2D eigenvalue weighted by molar-refractivity contribution is 0.167. The number of halogens is 2. The summed E-state index contributed by atoms with van der Waals surface area (Å²) in [5.41, 5.74) is 2.97. The highest BCUT2D eigenvalue weighted by Gasteiger charge is 2.38. The zero-order valence-electron chi connectivity index (χ0n) is 17.8. The molecule has 0 amide bonds. The molecule has 1 atom stereocenters. The molecule has 3 heterocycles. The molecule has 0 radical (unpaired) electrons. The van der Waals surface area contributed by atoms with Gasteiger partial charge in [-0.3, -0.25) is 9.69 Å². The summed E-state index contributed by atoms with van der Waals surface area (Å²) in [6.07, 6.45) is 2.39. The SMILES string of the molecule is Cn1c(=O)c(C#N)c(N2CCN(C(c3ccc(F)cc3)C3CC3)CC2)c2nc(Br)ccc21. The van der Waals surface area contributed by atoms with Crippen LogP contribution in [0.2, 0.25) is 0 Å². The van der Waals surface area contributed by atoms with Crippen LogP contribution in [-0.4, -0.2) is 40.6 Å². The van der Waals surface area contributed by atoms with Crippen molar-refractivity contribution >= 4 is 32.7 Å². The molecule has 32 heavy (non-hydrogen) atoms. The minimum atomic E-state index is -0.302. The average Bonchev–Trinajstić information content (AvgIpc) is 3.63. The van der Waals surface area contributed by atoms with Crippen LogP contribution in [0.25, 0.3) is 11.0 Å². The highest BCUT2D eigenvalue weighted by atomic mass is 79.9. The Bertz CT molecular complexity index is 1270. The molecule has 1 aliphatic carbocycles. The van der Waals surface area contributed by atoms with Gasteiger partial charge in [-0.15, -0.1) is 0 Å². The van der Waals surface area contributed by atoms with Crippen LogP contribution in [0.15, 0.2) is 45.8 Å². The summed E-state index contributed by atoms with van der Waals surface area (Å²) in [6, 6.07) is 12.9. The Morgan fingerprint density at radius 3 is 2.44 bits per heavy atom. The van der Waals surface area contributed by atoms with Gasteiger partial charge in [0.05, 0.1) is 11.2 Å². The summed E-state index contributed by atoms with van der Waals surface area (Å²) < 4.78 is 15.6. The van der Waals surface area contributed by atoms with Crippen LogP contribution in [-0.2, 0) is 7.05 Å². The summed E-state index contributed by atoms with van der Waals surface area (Å²) in [6.45, 7) is 2.98. The minimum absolute atomic E-state index is 0.135. The molecule has 6 nitrogen and oxygen atoms in total. The van der Waals surface area contributed by atoms with E-state index < -0.39 is 0 Å². The fourth-order valence-corrected chi connectivity index (χ4v) is 5.16. The third kappa shape index (κ3) is 3.70. The third-order valence-corrected chi connectivity index (χ3v) is 7.04. The van der Waals surface area contributed by atoms with Gasteiger partial charge in [0, 0.05) is 39.3 Å². The fourth-order valence-electron chi connectivity index (χ4n) is 4.86. The van der Waals surface area contributed by atoms with Gasteiger partial charge < -0.3 is 9.47 Å². The molecule has 0 bridgehead atoms. The summed E-state index contributed by atoms with van der Waals surface area (Å²) >= 11 is 3.43. The number of piperazine rings is 1. The molecule has 5 rings (SSSR count). The number of nitrogens with zero attached hydrogens (tertiary/aromatic N) is 5. The average molecular weight is 496 g/mol. The van der Waals surface area contributed by atoms with E-state index in [2.05, 4.69) is 36.8 Å². The van der Waals surface area contributed by atoms with Crippen molar-refractivity contribution in [2.45, 2.75) is 18.9 Å². The van der Waals surface area contributed by atoms with Crippen LogP contribution >= 0.6 is 15.9 Å². The zero-order chi connectivity index (χ0) is 22.4. The Morgan fingerprint density at radius 2 is 1.81 bits per heavy atom. The van der Waals surface area contributed by atoms with Crippen LogP contribution in [0.3, 0.4) is 0 Å². The number of fused-ring (bicyclic) bond motifs is 1. The molecule has 0 spiro atoms. The van der Waals surface area contributed by atoms with Crippen molar-refractivity contribution in [3.8, 4) is 6.07 Å². The summed E-state index contributed by atoms with van der Waals surface area (Å²) in [4.78, 5) is 22.1. The molecule has 1 aliphatic heterocycles. The molecule has 2 aliphatic rings. The topological polar surface area (TPSA) is 65.2 Å². The van der Waals surface area contributed by atoms with Crippen molar-refractivity contribution in [1.82, 2.24) is 14.5 Å².